The van der Waals surface area contributed by atoms with Gasteiger partial charge in [-0.25, -0.2) is 0 Å². The lowest BCUT2D eigenvalue weighted by Gasteiger charge is -2.27. The zero-order chi connectivity index (χ0) is 15.2. The van der Waals surface area contributed by atoms with Crippen molar-refractivity contribution < 1.29 is 14.5 Å². The molecule has 0 radical (unpaired) electrons. The van der Waals surface area contributed by atoms with Gasteiger partial charge in [0.1, 0.15) is 0 Å². The van der Waals surface area contributed by atoms with Gasteiger partial charge in [-0.2, -0.15) is 0 Å². The predicted octanol–water partition coefficient (Wildman–Crippen LogP) is 0.525. The highest BCUT2D eigenvalue weighted by molar-refractivity contribution is 9.10. The van der Waals surface area contributed by atoms with Gasteiger partial charge in [-0.1, -0.05) is 19.1 Å². The number of nitrogens with one attached hydrogen (secondary N) is 3. The molecule has 1 aliphatic rings. The lowest BCUT2D eigenvalue weighted by atomic mass is 10.0. The molecule has 1 unspecified atom stereocenters. The number of quaternary nitrogens is 1. The highest BCUT2D eigenvalue weighted by Gasteiger charge is 2.22. The molecule has 0 bridgehead atoms. The number of piperidine rings is 1. The average molecular weight is 355 g/mol. The molecule has 114 valence electrons. The molecule has 0 aromatic heterocycles. The molecule has 2 rings (SSSR count). The van der Waals surface area contributed by atoms with E-state index < -0.39 is 0 Å². The molecule has 0 saturated carbocycles. The summed E-state index contributed by atoms with van der Waals surface area (Å²) in [7, 11) is 0. The van der Waals surface area contributed by atoms with Crippen LogP contribution in [-0.2, 0) is 4.79 Å². The number of rotatable bonds is 3. The molecular weight excluding hydrogens is 334 g/mol. The van der Waals surface area contributed by atoms with Crippen LogP contribution in [0.25, 0.3) is 0 Å². The van der Waals surface area contributed by atoms with Crippen LogP contribution < -0.4 is 15.8 Å². The third-order valence-electron chi connectivity index (χ3n) is 3.71. The summed E-state index contributed by atoms with van der Waals surface area (Å²) in [4.78, 5) is 25.1. The number of likely N-dealkylation sites (tertiary alicyclic amines) is 1. The third kappa shape index (κ3) is 4.82. The second-order valence-corrected chi connectivity index (χ2v) is 6.46. The summed E-state index contributed by atoms with van der Waals surface area (Å²) in [5, 5.41) is 0. The van der Waals surface area contributed by atoms with Crippen molar-refractivity contribution in [3.63, 3.8) is 0 Å². The summed E-state index contributed by atoms with van der Waals surface area (Å²) in [6.45, 7) is 4.66. The molecule has 5 nitrogen and oxygen atoms in total. The zero-order valence-corrected chi connectivity index (χ0v) is 13.7. The number of hydrogen-bond donors (Lipinski definition) is 3. The number of amides is 2. The predicted molar refractivity (Wildman–Crippen MR) is 83.7 cm³/mol. The van der Waals surface area contributed by atoms with Crippen LogP contribution in [0.4, 0.5) is 0 Å². The van der Waals surface area contributed by atoms with E-state index in [2.05, 4.69) is 33.7 Å². The number of hydrogen-bond acceptors (Lipinski definition) is 2. The molecule has 1 saturated heterocycles. The molecule has 1 aliphatic heterocycles. The van der Waals surface area contributed by atoms with Gasteiger partial charge in [-0.3, -0.25) is 20.4 Å². The van der Waals surface area contributed by atoms with E-state index in [0.717, 1.165) is 19.5 Å². The summed E-state index contributed by atoms with van der Waals surface area (Å²) >= 11 is 3.31. The van der Waals surface area contributed by atoms with Gasteiger partial charge in [0.25, 0.3) is 11.8 Å². The van der Waals surface area contributed by atoms with Gasteiger partial charge in [0.05, 0.1) is 18.7 Å². The first kappa shape index (κ1) is 16.0. The van der Waals surface area contributed by atoms with E-state index in [1.54, 1.807) is 18.2 Å². The van der Waals surface area contributed by atoms with Crippen molar-refractivity contribution in [1.82, 2.24) is 10.9 Å². The highest BCUT2D eigenvalue weighted by atomic mass is 79.9. The first-order chi connectivity index (χ1) is 10.1. The molecule has 2 atom stereocenters. The minimum absolute atomic E-state index is 0.153. The fourth-order valence-electron chi connectivity index (χ4n) is 2.67. The fourth-order valence-corrected chi connectivity index (χ4v) is 3.13. The van der Waals surface area contributed by atoms with Crippen LogP contribution in [0, 0.1) is 5.92 Å². The standard InChI is InChI=1S/C15H20BrN3O2/c1-11-5-4-8-19(9-11)10-14(20)17-18-15(21)12-6-2-3-7-13(12)16/h2-3,6-7,11H,4-5,8-10H2,1H3,(H,17,20)(H,18,21)/p+1/t11-/m0/s1. The normalized spacial score (nSPS) is 21.6. The molecule has 1 aromatic carbocycles. The van der Waals surface area contributed by atoms with Crippen LogP contribution in [0.15, 0.2) is 28.7 Å². The van der Waals surface area contributed by atoms with Gasteiger partial charge in [-0.15, -0.1) is 0 Å². The SMILES string of the molecule is C[C@H]1CCC[NH+](CC(=O)NNC(=O)c2ccccc2Br)C1. The van der Waals surface area contributed by atoms with Gasteiger partial charge in [0, 0.05) is 10.4 Å². The second-order valence-electron chi connectivity index (χ2n) is 5.61. The maximum atomic E-state index is 12.0. The van der Waals surface area contributed by atoms with Crippen molar-refractivity contribution in [1.29, 1.82) is 0 Å². The minimum Gasteiger partial charge on any atom is -0.327 e. The fraction of sp³-hybridized carbons (Fsp3) is 0.467. The van der Waals surface area contributed by atoms with Crippen molar-refractivity contribution in [3.05, 3.63) is 34.3 Å². The smallest absolute Gasteiger partial charge is 0.293 e. The largest absolute Gasteiger partial charge is 0.327 e. The lowest BCUT2D eigenvalue weighted by Crippen LogP contribution is -3.14. The minimum atomic E-state index is -0.321. The van der Waals surface area contributed by atoms with Crippen LogP contribution in [0.1, 0.15) is 30.1 Å². The van der Waals surface area contributed by atoms with E-state index in [-0.39, 0.29) is 11.8 Å². The van der Waals surface area contributed by atoms with Crippen molar-refractivity contribution in [2.24, 2.45) is 5.92 Å². The Morgan fingerprint density at radius 2 is 2.10 bits per heavy atom. The molecule has 1 fully saturated rings. The summed E-state index contributed by atoms with van der Waals surface area (Å²) in [6.07, 6.45) is 2.40. The number of carbonyl (C=O) groups excluding carboxylic acids is 2. The quantitative estimate of drug-likeness (QED) is 0.693. The van der Waals surface area contributed by atoms with E-state index >= 15 is 0 Å². The summed E-state index contributed by atoms with van der Waals surface area (Å²) in [5.41, 5.74) is 5.45. The molecule has 1 heterocycles. The Morgan fingerprint density at radius 1 is 1.33 bits per heavy atom. The van der Waals surface area contributed by atoms with Gasteiger partial charge in [-0.05, 0) is 40.9 Å². The summed E-state index contributed by atoms with van der Waals surface area (Å²) < 4.78 is 0.701. The van der Waals surface area contributed by atoms with Crippen molar-refractivity contribution in [2.45, 2.75) is 19.8 Å². The Morgan fingerprint density at radius 3 is 2.81 bits per heavy atom. The maximum Gasteiger partial charge on any atom is 0.293 e. The third-order valence-corrected chi connectivity index (χ3v) is 4.40. The number of benzene rings is 1. The van der Waals surface area contributed by atoms with E-state index in [4.69, 9.17) is 0 Å². The summed E-state index contributed by atoms with van der Waals surface area (Å²) in [5.74, 6) is 0.189. The van der Waals surface area contributed by atoms with Gasteiger partial charge in [0.15, 0.2) is 6.54 Å². The average Bonchev–Trinajstić information content (AvgIpc) is 2.45. The molecule has 6 heteroatoms. The Kier molecular flexibility index (Phi) is 5.76. The second kappa shape index (κ2) is 7.56. The van der Waals surface area contributed by atoms with Gasteiger partial charge in [0.2, 0.25) is 0 Å². The highest BCUT2D eigenvalue weighted by Crippen LogP contribution is 2.15. The van der Waals surface area contributed by atoms with E-state index in [0.29, 0.717) is 22.5 Å². The first-order valence-corrected chi connectivity index (χ1v) is 8.03. The summed E-state index contributed by atoms with van der Waals surface area (Å²) in [6, 6.07) is 7.10. The van der Waals surface area contributed by atoms with Gasteiger partial charge >= 0.3 is 0 Å². The Balaban J connectivity index is 1.78. The number of hydrazine groups is 1. The molecule has 0 spiro atoms. The van der Waals surface area contributed by atoms with Crippen molar-refractivity contribution >= 4 is 27.7 Å². The molecule has 2 amide bonds. The van der Waals surface area contributed by atoms with Gasteiger partial charge < -0.3 is 4.90 Å². The van der Waals surface area contributed by atoms with Crippen LogP contribution in [0.3, 0.4) is 0 Å². The van der Waals surface area contributed by atoms with Crippen molar-refractivity contribution in [2.75, 3.05) is 19.6 Å². The lowest BCUT2D eigenvalue weighted by molar-refractivity contribution is -0.900. The Bertz CT molecular complexity index is 521. The molecular formula is C15H21BrN3O2+. The van der Waals surface area contributed by atoms with E-state index in [1.807, 2.05) is 6.07 Å². The van der Waals surface area contributed by atoms with Crippen LogP contribution >= 0.6 is 15.9 Å². The molecule has 3 N–H and O–H groups in total. The Labute approximate surface area is 133 Å². The van der Waals surface area contributed by atoms with Crippen LogP contribution in [0.2, 0.25) is 0 Å². The first-order valence-electron chi connectivity index (χ1n) is 7.23. The zero-order valence-electron chi connectivity index (χ0n) is 12.1. The Hall–Kier alpha value is -1.40. The van der Waals surface area contributed by atoms with Crippen molar-refractivity contribution in [3.8, 4) is 0 Å². The van der Waals surface area contributed by atoms with Crippen LogP contribution in [-0.4, -0.2) is 31.4 Å². The maximum absolute atomic E-state index is 12.0. The molecule has 21 heavy (non-hydrogen) atoms. The molecule has 1 aromatic rings. The van der Waals surface area contributed by atoms with E-state index in [1.165, 1.54) is 11.3 Å². The number of carbonyl (C=O) groups is 2. The molecule has 0 aliphatic carbocycles. The monoisotopic (exact) mass is 354 g/mol. The van der Waals surface area contributed by atoms with Crippen LogP contribution in [0.5, 0.6) is 0 Å². The number of halogens is 1. The van der Waals surface area contributed by atoms with E-state index in [9.17, 15) is 9.59 Å². The topological polar surface area (TPSA) is 62.6 Å².